The van der Waals surface area contributed by atoms with Gasteiger partial charge in [0.2, 0.25) is 0 Å². The summed E-state index contributed by atoms with van der Waals surface area (Å²) >= 11 is 0. The van der Waals surface area contributed by atoms with Crippen LogP contribution in [0.25, 0.3) is 0 Å². The minimum Gasteiger partial charge on any atom is -0.303 e. The quantitative estimate of drug-likeness (QED) is 0.594. The normalized spacial score (nSPS) is 19.0. The summed E-state index contributed by atoms with van der Waals surface area (Å²) in [5.41, 5.74) is 6.34. The Bertz CT molecular complexity index is 555. The first kappa shape index (κ1) is 14.4. The van der Waals surface area contributed by atoms with E-state index in [2.05, 4.69) is 32.0 Å². The summed E-state index contributed by atoms with van der Waals surface area (Å²) in [6.07, 6.45) is 8.11. The van der Waals surface area contributed by atoms with Gasteiger partial charge in [-0.1, -0.05) is 44.0 Å². The van der Waals surface area contributed by atoms with Crippen molar-refractivity contribution in [2.75, 3.05) is 11.4 Å². The maximum absolute atomic E-state index is 12.7. The van der Waals surface area contributed by atoms with Crippen molar-refractivity contribution in [3.05, 3.63) is 40.5 Å². The van der Waals surface area contributed by atoms with E-state index in [-0.39, 0.29) is 5.91 Å². The molecule has 2 fully saturated rings. The van der Waals surface area contributed by atoms with Crippen LogP contribution in [0.1, 0.15) is 57.1 Å². The van der Waals surface area contributed by atoms with Gasteiger partial charge in [0.05, 0.1) is 12.2 Å². The first-order valence-corrected chi connectivity index (χ1v) is 8.39. The smallest absolute Gasteiger partial charge is 0.256 e. The zero-order valence-corrected chi connectivity index (χ0v) is 13.2. The van der Waals surface area contributed by atoms with Crippen molar-refractivity contribution in [1.82, 2.24) is 0 Å². The van der Waals surface area contributed by atoms with Gasteiger partial charge in [0.25, 0.3) is 5.91 Å². The van der Waals surface area contributed by atoms with Gasteiger partial charge in [0, 0.05) is 5.57 Å². The van der Waals surface area contributed by atoms with E-state index in [9.17, 15) is 4.79 Å². The number of allylic oxidation sites excluding steroid dienone is 1. The SMILES string of the molecule is CCc1cccc(CC)c1N1CC(=C2CCCCC2)C1=O. The highest BCUT2D eigenvalue weighted by Gasteiger charge is 2.36. The number of carbonyl (C=O) groups is 1. The maximum Gasteiger partial charge on any atom is 0.256 e. The van der Waals surface area contributed by atoms with Crippen LogP contribution in [0.2, 0.25) is 0 Å². The average Bonchev–Trinajstić information content (AvgIpc) is 2.54. The molecule has 2 aliphatic rings. The monoisotopic (exact) mass is 283 g/mol. The lowest BCUT2D eigenvalue weighted by Crippen LogP contribution is -2.48. The van der Waals surface area contributed by atoms with Gasteiger partial charge in [-0.3, -0.25) is 4.79 Å². The fraction of sp³-hybridized carbons (Fsp3) is 0.526. The number of β-lactam (4-membered cyclic amide) rings is 1. The molecule has 112 valence electrons. The minimum absolute atomic E-state index is 0.266. The zero-order chi connectivity index (χ0) is 14.8. The maximum atomic E-state index is 12.7. The number of rotatable bonds is 3. The average molecular weight is 283 g/mol. The van der Waals surface area contributed by atoms with Crippen molar-refractivity contribution in [3.63, 3.8) is 0 Å². The summed E-state index contributed by atoms with van der Waals surface area (Å²) in [6.45, 7) is 5.17. The molecule has 1 aromatic carbocycles. The Morgan fingerprint density at radius 3 is 2.14 bits per heavy atom. The van der Waals surface area contributed by atoms with Crippen molar-refractivity contribution >= 4 is 11.6 Å². The second-order valence-electron chi connectivity index (χ2n) is 6.17. The van der Waals surface area contributed by atoms with E-state index in [1.807, 2.05) is 4.90 Å². The Morgan fingerprint density at radius 2 is 1.62 bits per heavy atom. The molecule has 1 aliphatic heterocycles. The molecule has 0 radical (unpaired) electrons. The lowest BCUT2D eigenvalue weighted by molar-refractivity contribution is -0.117. The highest BCUT2D eigenvalue weighted by atomic mass is 16.2. The molecular weight excluding hydrogens is 258 g/mol. The molecule has 0 spiro atoms. The molecule has 1 aliphatic carbocycles. The standard InChI is InChI=1S/C19H25NO/c1-3-14-11-8-12-15(4-2)18(14)20-13-17(19(20)21)16-9-6-5-7-10-16/h8,11-12H,3-7,9-10,13H2,1-2H3. The van der Waals surface area contributed by atoms with Crippen LogP contribution in [-0.4, -0.2) is 12.5 Å². The summed E-state index contributed by atoms with van der Waals surface area (Å²) in [7, 11) is 0. The van der Waals surface area contributed by atoms with E-state index >= 15 is 0 Å². The lowest BCUT2D eigenvalue weighted by Gasteiger charge is -2.38. The molecular formula is C19H25NO. The molecule has 1 saturated heterocycles. The molecule has 1 heterocycles. The minimum atomic E-state index is 0.266. The summed E-state index contributed by atoms with van der Waals surface area (Å²) in [6, 6.07) is 6.44. The fourth-order valence-corrected chi connectivity index (χ4v) is 3.65. The summed E-state index contributed by atoms with van der Waals surface area (Å²) in [4.78, 5) is 14.7. The molecule has 21 heavy (non-hydrogen) atoms. The molecule has 1 aromatic rings. The molecule has 0 N–H and O–H groups in total. The number of carbonyl (C=O) groups excluding carboxylic acids is 1. The van der Waals surface area contributed by atoms with Gasteiger partial charge in [-0.2, -0.15) is 0 Å². The predicted molar refractivity (Wildman–Crippen MR) is 87.7 cm³/mol. The number of benzene rings is 1. The van der Waals surface area contributed by atoms with Gasteiger partial charge in [-0.05, 0) is 49.7 Å². The van der Waals surface area contributed by atoms with Crippen LogP contribution >= 0.6 is 0 Å². The molecule has 1 saturated carbocycles. The Hall–Kier alpha value is -1.57. The Kier molecular flexibility index (Phi) is 4.14. The topological polar surface area (TPSA) is 20.3 Å². The van der Waals surface area contributed by atoms with Gasteiger partial charge in [-0.25, -0.2) is 0 Å². The largest absolute Gasteiger partial charge is 0.303 e. The zero-order valence-electron chi connectivity index (χ0n) is 13.2. The molecule has 2 nitrogen and oxygen atoms in total. The second kappa shape index (κ2) is 6.05. The van der Waals surface area contributed by atoms with E-state index in [0.29, 0.717) is 0 Å². The summed E-state index contributed by atoms with van der Waals surface area (Å²) in [5.74, 6) is 0.266. The van der Waals surface area contributed by atoms with E-state index in [1.54, 1.807) is 0 Å². The van der Waals surface area contributed by atoms with Gasteiger partial charge in [0.15, 0.2) is 0 Å². The molecule has 0 bridgehead atoms. The third-order valence-electron chi connectivity index (χ3n) is 4.94. The molecule has 0 aromatic heterocycles. The van der Waals surface area contributed by atoms with Crippen LogP contribution in [0, 0.1) is 0 Å². The predicted octanol–water partition coefficient (Wildman–Crippen LogP) is 4.42. The van der Waals surface area contributed by atoms with E-state index in [4.69, 9.17) is 0 Å². The number of anilines is 1. The molecule has 0 unspecified atom stereocenters. The van der Waals surface area contributed by atoms with E-state index in [0.717, 1.165) is 37.8 Å². The van der Waals surface area contributed by atoms with Crippen molar-refractivity contribution in [2.24, 2.45) is 0 Å². The van der Waals surface area contributed by atoms with Crippen molar-refractivity contribution < 1.29 is 4.79 Å². The molecule has 0 atom stereocenters. The third-order valence-corrected chi connectivity index (χ3v) is 4.94. The number of hydrogen-bond donors (Lipinski definition) is 0. The third kappa shape index (κ3) is 2.52. The van der Waals surface area contributed by atoms with Gasteiger partial charge >= 0.3 is 0 Å². The number of hydrogen-bond acceptors (Lipinski definition) is 1. The van der Waals surface area contributed by atoms with Crippen LogP contribution < -0.4 is 4.90 Å². The van der Waals surface area contributed by atoms with Crippen molar-refractivity contribution in [1.29, 1.82) is 0 Å². The first-order valence-electron chi connectivity index (χ1n) is 8.39. The highest BCUT2D eigenvalue weighted by Crippen LogP contribution is 2.37. The van der Waals surface area contributed by atoms with Crippen LogP contribution in [0.5, 0.6) is 0 Å². The molecule has 1 amide bonds. The number of para-hydroxylation sites is 1. The van der Waals surface area contributed by atoms with E-state index in [1.165, 1.54) is 41.6 Å². The van der Waals surface area contributed by atoms with Crippen molar-refractivity contribution in [3.8, 4) is 0 Å². The Morgan fingerprint density at radius 1 is 1.00 bits per heavy atom. The van der Waals surface area contributed by atoms with Gasteiger partial charge < -0.3 is 4.90 Å². The highest BCUT2D eigenvalue weighted by molar-refractivity contribution is 6.14. The number of amides is 1. The number of aryl methyl sites for hydroxylation is 2. The first-order chi connectivity index (χ1) is 10.3. The van der Waals surface area contributed by atoms with Crippen LogP contribution in [0.15, 0.2) is 29.3 Å². The van der Waals surface area contributed by atoms with Crippen LogP contribution in [0.3, 0.4) is 0 Å². The van der Waals surface area contributed by atoms with Crippen LogP contribution in [0.4, 0.5) is 5.69 Å². The Labute approximate surface area is 127 Å². The van der Waals surface area contributed by atoms with E-state index < -0.39 is 0 Å². The van der Waals surface area contributed by atoms with Gasteiger partial charge in [0.1, 0.15) is 0 Å². The molecule has 3 rings (SSSR count). The Balaban J connectivity index is 1.89. The number of nitrogens with zero attached hydrogens (tertiary/aromatic N) is 1. The van der Waals surface area contributed by atoms with Gasteiger partial charge in [-0.15, -0.1) is 0 Å². The van der Waals surface area contributed by atoms with Crippen molar-refractivity contribution in [2.45, 2.75) is 58.8 Å². The lowest BCUT2D eigenvalue weighted by atomic mass is 9.86. The van der Waals surface area contributed by atoms with Crippen LogP contribution in [-0.2, 0) is 17.6 Å². The summed E-state index contributed by atoms with van der Waals surface area (Å²) in [5, 5.41) is 0. The second-order valence-corrected chi connectivity index (χ2v) is 6.17. The summed E-state index contributed by atoms with van der Waals surface area (Å²) < 4.78 is 0. The molecule has 2 heteroatoms. The fourth-order valence-electron chi connectivity index (χ4n) is 3.65.